The van der Waals surface area contributed by atoms with Crippen LogP contribution < -0.4 is 19.5 Å². The maximum absolute atomic E-state index is 14.7. The Balaban J connectivity index is 1.38. The number of halogens is 2. The molecule has 1 aromatic heterocycles. The third-order valence-electron chi connectivity index (χ3n) is 5.07. The molecule has 35 heavy (non-hydrogen) atoms. The van der Waals surface area contributed by atoms with Crippen LogP contribution in [0.3, 0.4) is 0 Å². The first-order chi connectivity index (χ1) is 16.7. The highest BCUT2D eigenvalue weighted by atomic mass is 35.5. The molecule has 1 saturated carbocycles. The normalized spacial score (nSPS) is 14.1. The summed E-state index contributed by atoms with van der Waals surface area (Å²) in [5.41, 5.74) is 0.534. The third kappa shape index (κ3) is 7.06. The molecular weight excluding hydrogens is 497 g/mol. The number of hydrogen-bond acceptors (Lipinski definition) is 6. The largest absolute Gasteiger partial charge is 0.473 e. The maximum Gasteiger partial charge on any atom is 0.256 e. The van der Waals surface area contributed by atoms with Gasteiger partial charge in [-0.15, -0.1) is 0 Å². The Kier molecular flexibility index (Phi) is 7.42. The number of benzene rings is 2. The lowest BCUT2D eigenvalue weighted by Gasteiger charge is -2.15. The van der Waals surface area contributed by atoms with Gasteiger partial charge in [-0.1, -0.05) is 23.7 Å². The van der Waals surface area contributed by atoms with Crippen LogP contribution in [0.4, 0.5) is 10.1 Å². The van der Waals surface area contributed by atoms with Crippen molar-refractivity contribution in [1.82, 2.24) is 10.3 Å². The third-order valence-corrected chi connectivity index (χ3v) is 6.12. The van der Waals surface area contributed by atoms with Gasteiger partial charge in [-0.2, -0.15) is 0 Å². The summed E-state index contributed by atoms with van der Waals surface area (Å²) in [5, 5.41) is 2.72. The number of alkyl halides is 1. The van der Waals surface area contributed by atoms with Crippen LogP contribution in [0.15, 0.2) is 60.9 Å². The van der Waals surface area contributed by atoms with Gasteiger partial charge in [-0.05, 0) is 48.7 Å². The fourth-order valence-corrected chi connectivity index (χ4v) is 4.11. The molecule has 1 fully saturated rings. The van der Waals surface area contributed by atoms with Gasteiger partial charge in [0.15, 0.2) is 17.1 Å². The Morgan fingerprint density at radius 2 is 2.00 bits per heavy atom. The lowest BCUT2D eigenvalue weighted by molar-refractivity contribution is 0.0945. The molecule has 0 bridgehead atoms. The fourth-order valence-electron chi connectivity index (χ4n) is 3.21. The van der Waals surface area contributed by atoms with E-state index in [1.54, 1.807) is 30.3 Å². The second-order valence-corrected chi connectivity index (χ2v) is 10.3. The summed E-state index contributed by atoms with van der Waals surface area (Å²) in [4.78, 5) is 16.7. The molecule has 184 valence electrons. The molecule has 4 rings (SSSR count). The molecule has 8 nitrogen and oxygen atoms in total. The zero-order chi connectivity index (χ0) is 25.0. The zero-order valence-electron chi connectivity index (χ0n) is 18.7. The summed E-state index contributed by atoms with van der Waals surface area (Å²) in [7, 11) is -3.46. The van der Waals surface area contributed by atoms with Crippen molar-refractivity contribution in [3.8, 4) is 17.2 Å². The quantitative estimate of drug-likeness (QED) is 0.377. The lowest BCUT2D eigenvalue weighted by Crippen LogP contribution is -2.24. The van der Waals surface area contributed by atoms with E-state index in [1.807, 2.05) is 0 Å². The summed E-state index contributed by atoms with van der Waals surface area (Å²) >= 11 is 6.23. The molecule has 11 heteroatoms. The van der Waals surface area contributed by atoms with E-state index in [-0.39, 0.29) is 29.5 Å². The van der Waals surface area contributed by atoms with Gasteiger partial charge in [0.2, 0.25) is 10.0 Å². The van der Waals surface area contributed by atoms with Crippen molar-refractivity contribution < 1.29 is 27.1 Å². The first-order valence-corrected chi connectivity index (χ1v) is 13.1. The number of hydrogen-bond donors (Lipinski definition) is 2. The van der Waals surface area contributed by atoms with Crippen LogP contribution >= 0.6 is 11.6 Å². The first kappa shape index (κ1) is 24.7. The van der Waals surface area contributed by atoms with Crippen molar-refractivity contribution in [2.45, 2.75) is 24.9 Å². The highest BCUT2D eigenvalue weighted by Crippen LogP contribution is 2.37. The maximum atomic E-state index is 14.7. The topological polar surface area (TPSA) is 107 Å². The molecule has 1 unspecified atom stereocenters. The van der Waals surface area contributed by atoms with E-state index in [9.17, 15) is 17.6 Å². The molecule has 1 heterocycles. The number of amides is 1. The second kappa shape index (κ2) is 10.5. The van der Waals surface area contributed by atoms with E-state index < -0.39 is 27.3 Å². The number of ether oxygens (including phenoxy) is 2. The lowest BCUT2D eigenvalue weighted by atomic mass is 10.2. The van der Waals surface area contributed by atoms with Crippen molar-refractivity contribution in [3.63, 3.8) is 0 Å². The van der Waals surface area contributed by atoms with E-state index >= 15 is 0 Å². The van der Waals surface area contributed by atoms with Gasteiger partial charge in [-0.3, -0.25) is 14.5 Å². The molecule has 0 radical (unpaired) electrons. The number of nitrogens with one attached hydrogen (secondary N) is 2. The Hall–Kier alpha value is -3.37. The van der Waals surface area contributed by atoms with Gasteiger partial charge in [-0.25, -0.2) is 12.8 Å². The molecule has 2 aromatic carbocycles. The van der Waals surface area contributed by atoms with Gasteiger partial charge >= 0.3 is 0 Å². The smallest absolute Gasteiger partial charge is 0.256 e. The van der Waals surface area contributed by atoms with Gasteiger partial charge in [0.05, 0.1) is 17.5 Å². The minimum atomic E-state index is -3.46. The molecular formula is C24H23ClFN3O5S. The van der Waals surface area contributed by atoms with Crippen LogP contribution in [-0.4, -0.2) is 31.1 Å². The average molecular weight is 520 g/mol. The van der Waals surface area contributed by atoms with Crippen LogP contribution in [0.1, 0.15) is 28.8 Å². The summed E-state index contributed by atoms with van der Waals surface area (Å²) in [5.74, 6) is -0.240. The molecule has 0 saturated heterocycles. The number of carbonyl (C=O) groups is 1. The Morgan fingerprint density at radius 3 is 2.71 bits per heavy atom. The van der Waals surface area contributed by atoms with Crippen molar-refractivity contribution in [3.05, 3.63) is 77.9 Å². The minimum absolute atomic E-state index is 0.0484. The monoisotopic (exact) mass is 519 g/mol. The average Bonchev–Trinajstić information content (AvgIpc) is 3.64. The van der Waals surface area contributed by atoms with Gasteiger partial charge < -0.3 is 14.8 Å². The number of pyridine rings is 1. The summed E-state index contributed by atoms with van der Waals surface area (Å²) < 4.78 is 51.1. The number of carbonyl (C=O) groups excluding carboxylic acids is 1. The van der Waals surface area contributed by atoms with Crippen LogP contribution in [0.25, 0.3) is 0 Å². The molecule has 2 N–H and O–H groups in total. The number of rotatable bonds is 10. The van der Waals surface area contributed by atoms with Crippen LogP contribution in [0.2, 0.25) is 0 Å². The van der Waals surface area contributed by atoms with Crippen molar-refractivity contribution in [1.29, 1.82) is 0 Å². The first-order valence-electron chi connectivity index (χ1n) is 10.7. The SMILES string of the molecule is CS(=O)(=O)Nc1cccc(Oc2ccc(CNC(=O)c3cnccc3OC(Cl)C3CC3)cc2F)c1. The van der Waals surface area contributed by atoms with Crippen LogP contribution in [0.5, 0.6) is 17.2 Å². The van der Waals surface area contributed by atoms with Crippen molar-refractivity contribution in [2.24, 2.45) is 5.92 Å². The molecule has 0 aliphatic heterocycles. The van der Waals surface area contributed by atoms with Gasteiger partial charge in [0, 0.05) is 30.9 Å². The van der Waals surface area contributed by atoms with Crippen molar-refractivity contribution >= 4 is 33.2 Å². The summed E-state index contributed by atoms with van der Waals surface area (Å²) in [6, 6.07) is 12.0. The molecule has 1 atom stereocenters. The molecule has 1 amide bonds. The van der Waals surface area contributed by atoms with Gasteiger partial charge in [0.25, 0.3) is 5.91 Å². The Labute approximate surface area is 207 Å². The number of nitrogens with zero attached hydrogens (tertiary/aromatic N) is 1. The highest BCUT2D eigenvalue weighted by molar-refractivity contribution is 7.92. The standard InChI is InChI=1S/C24H23ClFN3O5S/c1-35(31,32)29-17-3-2-4-18(12-17)33-22-8-5-15(11-20(22)26)13-28-24(30)19-14-27-10-9-21(19)34-23(25)16-6-7-16/h2-5,8-12,14,16,23,29H,6-7,13H2,1H3,(H,28,30). The Morgan fingerprint density at radius 1 is 1.20 bits per heavy atom. The van der Waals surface area contributed by atoms with E-state index in [2.05, 4.69) is 15.0 Å². The van der Waals surface area contributed by atoms with E-state index in [1.165, 1.54) is 30.6 Å². The van der Waals surface area contributed by atoms with E-state index in [0.29, 0.717) is 17.0 Å². The number of sulfonamides is 1. The zero-order valence-corrected chi connectivity index (χ0v) is 20.3. The molecule has 1 aliphatic carbocycles. The highest BCUT2D eigenvalue weighted by Gasteiger charge is 2.32. The Bertz CT molecular complexity index is 1330. The predicted octanol–water partition coefficient (Wildman–Crippen LogP) is 4.67. The van der Waals surface area contributed by atoms with Crippen LogP contribution in [-0.2, 0) is 16.6 Å². The van der Waals surface area contributed by atoms with Crippen LogP contribution in [0, 0.1) is 11.7 Å². The van der Waals surface area contributed by atoms with E-state index in [0.717, 1.165) is 19.1 Å². The van der Waals surface area contributed by atoms with E-state index in [4.69, 9.17) is 21.1 Å². The molecule has 1 aliphatic rings. The van der Waals surface area contributed by atoms with Gasteiger partial charge in [0.1, 0.15) is 11.5 Å². The summed E-state index contributed by atoms with van der Waals surface area (Å²) in [6.07, 6.45) is 5.93. The number of aromatic nitrogens is 1. The molecule has 0 spiro atoms. The fraction of sp³-hybridized carbons (Fsp3) is 0.250. The number of anilines is 1. The summed E-state index contributed by atoms with van der Waals surface area (Å²) in [6.45, 7) is 0.0606. The predicted molar refractivity (Wildman–Crippen MR) is 130 cm³/mol. The second-order valence-electron chi connectivity index (χ2n) is 8.13. The minimum Gasteiger partial charge on any atom is -0.473 e. The molecule has 3 aromatic rings. The van der Waals surface area contributed by atoms with Crippen molar-refractivity contribution in [2.75, 3.05) is 11.0 Å².